The summed E-state index contributed by atoms with van der Waals surface area (Å²) < 4.78 is 35.9. The van der Waals surface area contributed by atoms with Gasteiger partial charge < -0.3 is 20.1 Å². The average molecular weight is 489 g/mol. The number of aromatic carboxylic acids is 1. The third kappa shape index (κ3) is 4.75. The maximum atomic E-state index is 16.1. The lowest BCUT2D eigenvalue weighted by atomic mass is 9.99. The molecule has 0 amide bonds. The number of anilines is 2. The maximum Gasteiger partial charge on any atom is 0.335 e. The van der Waals surface area contributed by atoms with E-state index in [-0.39, 0.29) is 30.3 Å². The van der Waals surface area contributed by atoms with Crippen LogP contribution in [0.4, 0.5) is 20.2 Å². The standard InChI is InChI=1S/C29H26F2N2O3/c1-19(24-11-5-7-20-6-2-3-10-25(20)24)32-15-14-29(31)18-33(23-9-4-8-21(16-23)28(34)35)26-17-22(30)12-13-27(26)36-29/h2-13,16-17,19,32H,14-15,18H2,1H3,(H,34,35)/t19-,29?/m1/s1. The summed E-state index contributed by atoms with van der Waals surface area (Å²) in [5, 5.41) is 15.1. The third-order valence-electron chi connectivity index (χ3n) is 6.54. The quantitative estimate of drug-likeness (QED) is 0.306. The molecule has 0 radical (unpaired) electrons. The number of fused-ring (bicyclic) bond motifs is 2. The molecule has 5 nitrogen and oxygen atoms in total. The SMILES string of the molecule is C[C@@H](NCCC1(F)CN(c2cccc(C(=O)O)c2)c2cc(F)ccc2O1)c1cccc2ccccc12. The number of alkyl halides is 1. The van der Waals surface area contributed by atoms with Crippen molar-refractivity contribution in [2.75, 3.05) is 18.0 Å². The number of hydrogen-bond donors (Lipinski definition) is 2. The highest BCUT2D eigenvalue weighted by Gasteiger charge is 2.40. The summed E-state index contributed by atoms with van der Waals surface area (Å²) in [4.78, 5) is 13.1. The topological polar surface area (TPSA) is 61.8 Å². The molecule has 7 heteroatoms. The Morgan fingerprint density at radius 1 is 1.08 bits per heavy atom. The van der Waals surface area contributed by atoms with Crippen molar-refractivity contribution in [3.8, 4) is 5.75 Å². The van der Waals surface area contributed by atoms with Crippen molar-refractivity contribution in [1.82, 2.24) is 5.32 Å². The van der Waals surface area contributed by atoms with Gasteiger partial charge in [-0.1, -0.05) is 48.5 Å². The summed E-state index contributed by atoms with van der Waals surface area (Å²) in [6.07, 6.45) is 0.0358. The fourth-order valence-electron chi connectivity index (χ4n) is 4.72. The normalized spacial score (nSPS) is 17.9. The number of nitrogens with one attached hydrogen (secondary N) is 1. The van der Waals surface area contributed by atoms with Crippen LogP contribution in [0.15, 0.2) is 84.9 Å². The molecule has 0 aliphatic carbocycles. The van der Waals surface area contributed by atoms with Crippen molar-refractivity contribution >= 4 is 28.1 Å². The van der Waals surface area contributed by atoms with E-state index in [2.05, 4.69) is 29.6 Å². The highest BCUT2D eigenvalue weighted by molar-refractivity contribution is 5.89. The number of nitrogens with zero attached hydrogens (tertiary/aromatic N) is 1. The van der Waals surface area contributed by atoms with Gasteiger partial charge in [0, 0.05) is 30.8 Å². The van der Waals surface area contributed by atoms with Crippen molar-refractivity contribution in [1.29, 1.82) is 0 Å². The number of benzene rings is 4. The van der Waals surface area contributed by atoms with Gasteiger partial charge in [0.25, 0.3) is 5.85 Å². The highest BCUT2D eigenvalue weighted by atomic mass is 19.2. The zero-order valence-corrected chi connectivity index (χ0v) is 19.7. The van der Waals surface area contributed by atoms with Crippen LogP contribution in [0.3, 0.4) is 0 Å². The molecule has 0 bridgehead atoms. The first kappa shape index (κ1) is 23.8. The second kappa shape index (κ2) is 9.59. The molecule has 1 aliphatic heterocycles. The number of rotatable bonds is 7. The number of carboxylic acid groups (broad SMARTS) is 1. The number of ether oxygens (including phenoxy) is 1. The third-order valence-corrected chi connectivity index (χ3v) is 6.54. The molecule has 4 aromatic carbocycles. The van der Waals surface area contributed by atoms with Crippen LogP contribution >= 0.6 is 0 Å². The van der Waals surface area contributed by atoms with E-state index in [9.17, 15) is 14.3 Å². The molecule has 0 saturated heterocycles. The number of carboxylic acids is 1. The van der Waals surface area contributed by atoms with Crippen molar-refractivity contribution in [3.63, 3.8) is 0 Å². The summed E-state index contributed by atoms with van der Waals surface area (Å²) in [6, 6.07) is 24.3. The van der Waals surface area contributed by atoms with Gasteiger partial charge >= 0.3 is 5.97 Å². The zero-order valence-electron chi connectivity index (χ0n) is 19.7. The number of carbonyl (C=O) groups is 1. The van der Waals surface area contributed by atoms with E-state index in [0.717, 1.165) is 16.3 Å². The molecule has 1 heterocycles. The summed E-state index contributed by atoms with van der Waals surface area (Å²) in [7, 11) is 0. The average Bonchev–Trinajstić information content (AvgIpc) is 2.88. The minimum Gasteiger partial charge on any atom is -0.478 e. The van der Waals surface area contributed by atoms with Crippen LogP contribution in [0, 0.1) is 5.82 Å². The maximum absolute atomic E-state index is 16.1. The fourth-order valence-corrected chi connectivity index (χ4v) is 4.72. The van der Waals surface area contributed by atoms with Gasteiger partial charge in [0.2, 0.25) is 0 Å². The van der Waals surface area contributed by atoms with Crippen molar-refractivity contribution < 1.29 is 23.4 Å². The summed E-state index contributed by atoms with van der Waals surface area (Å²) in [5.74, 6) is -3.46. The van der Waals surface area contributed by atoms with Crippen molar-refractivity contribution in [2.24, 2.45) is 0 Å². The Labute approximate surface area is 207 Å². The first-order valence-corrected chi connectivity index (χ1v) is 11.8. The Balaban J connectivity index is 1.36. The van der Waals surface area contributed by atoms with Crippen molar-refractivity contribution in [2.45, 2.75) is 25.2 Å². The van der Waals surface area contributed by atoms with Crippen LogP contribution < -0.4 is 15.0 Å². The van der Waals surface area contributed by atoms with Crippen LogP contribution in [-0.4, -0.2) is 30.0 Å². The monoisotopic (exact) mass is 488 g/mol. The molecule has 0 aromatic heterocycles. The minimum atomic E-state index is -2.07. The Morgan fingerprint density at radius 2 is 1.86 bits per heavy atom. The van der Waals surface area contributed by atoms with E-state index < -0.39 is 17.6 Å². The molecule has 4 aromatic rings. The molecule has 1 unspecified atom stereocenters. The zero-order chi connectivity index (χ0) is 25.3. The van der Waals surface area contributed by atoms with E-state index >= 15 is 4.39 Å². The van der Waals surface area contributed by atoms with Gasteiger partial charge in [-0.15, -0.1) is 0 Å². The van der Waals surface area contributed by atoms with Crippen LogP contribution in [0.25, 0.3) is 10.8 Å². The van der Waals surface area contributed by atoms with Gasteiger partial charge in [-0.3, -0.25) is 0 Å². The van der Waals surface area contributed by atoms with Gasteiger partial charge in [-0.05, 0) is 53.6 Å². The van der Waals surface area contributed by atoms with Gasteiger partial charge in [-0.25, -0.2) is 9.18 Å². The van der Waals surface area contributed by atoms with E-state index in [1.165, 1.54) is 30.3 Å². The van der Waals surface area contributed by atoms with Crippen LogP contribution in [0.2, 0.25) is 0 Å². The second-order valence-electron chi connectivity index (χ2n) is 9.03. The van der Waals surface area contributed by atoms with Gasteiger partial charge in [0.1, 0.15) is 11.6 Å². The molecule has 0 saturated carbocycles. The van der Waals surface area contributed by atoms with E-state index in [0.29, 0.717) is 17.9 Å². The molecule has 2 atom stereocenters. The largest absolute Gasteiger partial charge is 0.478 e. The lowest BCUT2D eigenvalue weighted by molar-refractivity contribution is -0.0655. The Kier molecular flexibility index (Phi) is 6.33. The molecule has 36 heavy (non-hydrogen) atoms. The Hall–Kier alpha value is -3.97. The first-order chi connectivity index (χ1) is 17.3. The molecule has 0 fully saturated rings. The minimum absolute atomic E-state index is 0.0203. The predicted molar refractivity (Wildman–Crippen MR) is 136 cm³/mol. The lowest BCUT2D eigenvalue weighted by Crippen LogP contribution is -2.48. The predicted octanol–water partition coefficient (Wildman–Crippen LogP) is 6.61. The molecule has 184 valence electrons. The van der Waals surface area contributed by atoms with Gasteiger partial charge in [0.05, 0.1) is 17.8 Å². The van der Waals surface area contributed by atoms with Crippen molar-refractivity contribution in [3.05, 3.63) is 102 Å². The van der Waals surface area contributed by atoms with Gasteiger partial charge in [0.15, 0.2) is 0 Å². The molecule has 5 rings (SSSR count). The summed E-state index contributed by atoms with van der Waals surface area (Å²) in [6.45, 7) is 2.16. The van der Waals surface area contributed by atoms with Gasteiger partial charge in [-0.2, -0.15) is 4.39 Å². The number of hydrogen-bond acceptors (Lipinski definition) is 4. The van der Waals surface area contributed by atoms with Crippen LogP contribution in [0.5, 0.6) is 5.75 Å². The number of halogens is 2. The van der Waals surface area contributed by atoms with Crippen LogP contribution in [-0.2, 0) is 0 Å². The Morgan fingerprint density at radius 3 is 2.69 bits per heavy atom. The molecule has 2 N–H and O–H groups in total. The summed E-state index contributed by atoms with van der Waals surface area (Å²) >= 11 is 0. The summed E-state index contributed by atoms with van der Waals surface area (Å²) in [5.41, 5.74) is 1.98. The molecule has 1 aliphatic rings. The smallest absolute Gasteiger partial charge is 0.335 e. The Bertz CT molecular complexity index is 1420. The first-order valence-electron chi connectivity index (χ1n) is 11.8. The molecular formula is C29H26F2N2O3. The lowest BCUT2D eigenvalue weighted by Gasteiger charge is -2.40. The second-order valence-corrected chi connectivity index (χ2v) is 9.03. The van der Waals surface area contributed by atoms with E-state index in [4.69, 9.17) is 4.74 Å². The van der Waals surface area contributed by atoms with E-state index in [1.807, 2.05) is 25.1 Å². The fraction of sp³-hybridized carbons (Fsp3) is 0.207. The molecular weight excluding hydrogens is 462 g/mol. The molecule has 0 spiro atoms. The van der Waals surface area contributed by atoms with E-state index in [1.54, 1.807) is 17.0 Å². The highest BCUT2D eigenvalue weighted by Crippen LogP contribution is 2.43. The van der Waals surface area contributed by atoms with Crippen LogP contribution in [0.1, 0.15) is 35.3 Å².